The molecule has 1 aliphatic rings. The van der Waals surface area contributed by atoms with Crippen molar-refractivity contribution in [2.75, 3.05) is 0 Å². The molecule has 94 valence electrons. The third kappa shape index (κ3) is 2.59. The largest absolute Gasteiger partial charge is 0.418 e. The summed E-state index contributed by atoms with van der Waals surface area (Å²) in [6.45, 7) is 3.66. The molecule has 18 heavy (non-hydrogen) atoms. The van der Waals surface area contributed by atoms with Crippen molar-refractivity contribution < 1.29 is 19.1 Å². The van der Waals surface area contributed by atoms with Crippen molar-refractivity contribution in [3.63, 3.8) is 0 Å². The fourth-order valence-electron chi connectivity index (χ4n) is 1.61. The number of hydrogen-bond donors (Lipinski definition) is 0. The van der Waals surface area contributed by atoms with E-state index in [2.05, 4.69) is 0 Å². The minimum Gasteiger partial charge on any atom is -0.418 e. The van der Waals surface area contributed by atoms with Crippen molar-refractivity contribution in [2.45, 2.75) is 26.6 Å². The maximum absolute atomic E-state index is 11.8. The molecule has 0 radical (unpaired) electrons. The van der Waals surface area contributed by atoms with Crippen LogP contribution in [0.4, 0.5) is 0 Å². The van der Waals surface area contributed by atoms with Crippen molar-refractivity contribution in [2.24, 2.45) is 0 Å². The highest BCUT2D eigenvalue weighted by molar-refractivity contribution is 5.92. The normalized spacial score (nSPS) is 18.2. The molecule has 0 saturated heterocycles. The fraction of sp³-hybridized carbons (Fsp3) is 0.286. The third-order valence-electron chi connectivity index (χ3n) is 2.75. The van der Waals surface area contributed by atoms with E-state index in [9.17, 15) is 9.59 Å². The van der Waals surface area contributed by atoms with E-state index in [1.165, 1.54) is 6.08 Å². The Labute approximate surface area is 105 Å². The molecular formula is C14H14O4. The van der Waals surface area contributed by atoms with Gasteiger partial charge in [-0.3, -0.25) is 0 Å². The molecule has 1 atom stereocenters. The summed E-state index contributed by atoms with van der Waals surface area (Å²) in [5.74, 6) is -0.949. The number of esters is 2. The van der Waals surface area contributed by atoms with E-state index in [0.717, 1.165) is 12.0 Å². The highest BCUT2D eigenvalue weighted by atomic mass is 16.7. The van der Waals surface area contributed by atoms with Crippen LogP contribution in [0.25, 0.3) is 0 Å². The van der Waals surface area contributed by atoms with Gasteiger partial charge in [0.15, 0.2) is 0 Å². The second kappa shape index (κ2) is 5.04. The van der Waals surface area contributed by atoms with Crippen LogP contribution in [0.3, 0.4) is 0 Å². The molecule has 1 unspecified atom stereocenters. The molecule has 0 aliphatic carbocycles. The number of ether oxygens (including phenoxy) is 2. The van der Waals surface area contributed by atoms with Gasteiger partial charge in [0, 0.05) is 11.6 Å². The van der Waals surface area contributed by atoms with Gasteiger partial charge in [-0.1, -0.05) is 19.1 Å². The highest BCUT2D eigenvalue weighted by Gasteiger charge is 2.25. The zero-order chi connectivity index (χ0) is 13.1. The van der Waals surface area contributed by atoms with E-state index >= 15 is 0 Å². The van der Waals surface area contributed by atoms with Crippen LogP contribution >= 0.6 is 0 Å². The van der Waals surface area contributed by atoms with Crippen molar-refractivity contribution in [3.05, 3.63) is 47.0 Å². The summed E-state index contributed by atoms with van der Waals surface area (Å²) in [5, 5.41) is 0. The summed E-state index contributed by atoms with van der Waals surface area (Å²) >= 11 is 0. The summed E-state index contributed by atoms with van der Waals surface area (Å²) in [7, 11) is 0. The summed E-state index contributed by atoms with van der Waals surface area (Å²) in [5.41, 5.74) is 2.05. The standard InChI is InChI=1S/C14H14O4/c1-3-10-4-6-11(7-5-10)14(16)18-12-8-9(2)13(15)17-12/h4-8,12H,3H2,1-2H3. The molecule has 0 saturated carbocycles. The number of benzene rings is 1. The van der Waals surface area contributed by atoms with Crippen LogP contribution in [-0.2, 0) is 20.7 Å². The molecule has 0 bridgehead atoms. The van der Waals surface area contributed by atoms with Gasteiger partial charge in [-0.2, -0.15) is 0 Å². The zero-order valence-electron chi connectivity index (χ0n) is 10.3. The van der Waals surface area contributed by atoms with Gasteiger partial charge in [0.1, 0.15) is 0 Å². The molecule has 1 aliphatic heterocycles. The molecule has 0 amide bonds. The monoisotopic (exact) mass is 246 g/mol. The molecule has 1 aromatic carbocycles. The quantitative estimate of drug-likeness (QED) is 0.767. The first-order valence-electron chi connectivity index (χ1n) is 5.79. The predicted octanol–water partition coefficient (Wildman–Crippen LogP) is 2.24. The van der Waals surface area contributed by atoms with Crippen molar-refractivity contribution in [1.29, 1.82) is 0 Å². The van der Waals surface area contributed by atoms with Crippen molar-refractivity contribution in [3.8, 4) is 0 Å². The van der Waals surface area contributed by atoms with Crippen molar-refractivity contribution >= 4 is 11.9 Å². The van der Waals surface area contributed by atoms with Gasteiger partial charge in [-0.05, 0) is 31.0 Å². The van der Waals surface area contributed by atoms with Crippen LogP contribution in [0.15, 0.2) is 35.9 Å². The van der Waals surface area contributed by atoms with E-state index in [1.54, 1.807) is 19.1 Å². The van der Waals surface area contributed by atoms with Crippen LogP contribution in [0.2, 0.25) is 0 Å². The first-order chi connectivity index (χ1) is 8.60. The van der Waals surface area contributed by atoms with Gasteiger partial charge in [-0.25, -0.2) is 9.59 Å². The number of cyclic esters (lactones) is 1. The second-order valence-corrected chi connectivity index (χ2v) is 4.08. The zero-order valence-corrected chi connectivity index (χ0v) is 10.3. The number of rotatable bonds is 3. The lowest BCUT2D eigenvalue weighted by Crippen LogP contribution is -2.17. The Morgan fingerprint density at radius 1 is 1.33 bits per heavy atom. The molecule has 0 N–H and O–H groups in total. The lowest BCUT2D eigenvalue weighted by molar-refractivity contribution is -0.151. The van der Waals surface area contributed by atoms with Gasteiger partial charge < -0.3 is 9.47 Å². The Hall–Kier alpha value is -2.10. The maximum Gasteiger partial charge on any atom is 0.341 e. The highest BCUT2D eigenvalue weighted by Crippen LogP contribution is 2.16. The van der Waals surface area contributed by atoms with Crippen LogP contribution in [0.1, 0.15) is 29.8 Å². The Morgan fingerprint density at radius 3 is 2.50 bits per heavy atom. The molecule has 0 fully saturated rings. The van der Waals surface area contributed by atoms with E-state index in [4.69, 9.17) is 9.47 Å². The van der Waals surface area contributed by atoms with Crippen LogP contribution < -0.4 is 0 Å². The average Bonchev–Trinajstić information content (AvgIpc) is 2.68. The topological polar surface area (TPSA) is 52.6 Å². The molecule has 4 heteroatoms. The minimum atomic E-state index is -0.907. The summed E-state index contributed by atoms with van der Waals surface area (Å²) < 4.78 is 9.89. The maximum atomic E-state index is 11.8. The first-order valence-corrected chi connectivity index (χ1v) is 5.79. The lowest BCUT2D eigenvalue weighted by atomic mass is 10.1. The van der Waals surface area contributed by atoms with Gasteiger partial charge in [0.25, 0.3) is 6.29 Å². The van der Waals surface area contributed by atoms with Gasteiger partial charge in [0.2, 0.25) is 0 Å². The van der Waals surface area contributed by atoms with E-state index in [1.807, 2.05) is 19.1 Å². The number of carbonyl (C=O) groups excluding carboxylic acids is 2. The van der Waals surface area contributed by atoms with E-state index in [0.29, 0.717) is 11.1 Å². The van der Waals surface area contributed by atoms with Crippen LogP contribution in [-0.4, -0.2) is 18.2 Å². The molecular weight excluding hydrogens is 232 g/mol. The fourth-order valence-corrected chi connectivity index (χ4v) is 1.61. The van der Waals surface area contributed by atoms with Crippen LogP contribution in [0, 0.1) is 0 Å². The van der Waals surface area contributed by atoms with Crippen LogP contribution in [0.5, 0.6) is 0 Å². The summed E-state index contributed by atoms with van der Waals surface area (Å²) in [6.07, 6.45) is 1.49. The molecule has 1 aromatic rings. The average molecular weight is 246 g/mol. The molecule has 0 aromatic heterocycles. The van der Waals surface area contributed by atoms with Gasteiger partial charge in [0.05, 0.1) is 5.56 Å². The molecule has 4 nitrogen and oxygen atoms in total. The molecule has 2 rings (SSSR count). The Kier molecular flexibility index (Phi) is 3.46. The minimum absolute atomic E-state index is 0.446. The number of aryl methyl sites for hydroxylation is 1. The SMILES string of the molecule is CCc1ccc(C(=O)OC2C=C(C)C(=O)O2)cc1. The smallest absolute Gasteiger partial charge is 0.341 e. The Balaban J connectivity index is 2.02. The van der Waals surface area contributed by atoms with E-state index in [-0.39, 0.29) is 0 Å². The molecule has 1 heterocycles. The first kappa shape index (κ1) is 12.4. The third-order valence-corrected chi connectivity index (χ3v) is 2.75. The summed E-state index contributed by atoms with van der Waals surface area (Å²) in [6, 6.07) is 7.15. The van der Waals surface area contributed by atoms with Gasteiger partial charge >= 0.3 is 11.9 Å². The van der Waals surface area contributed by atoms with Crippen molar-refractivity contribution in [1.82, 2.24) is 0 Å². The van der Waals surface area contributed by atoms with E-state index < -0.39 is 18.2 Å². The Morgan fingerprint density at radius 2 is 2.00 bits per heavy atom. The number of carbonyl (C=O) groups is 2. The number of hydrogen-bond acceptors (Lipinski definition) is 4. The molecule has 0 spiro atoms. The lowest BCUT2D eigenvalue weighted by Gasteiger charge is -2.09. The Bertz CT molecular complexity index is 499. The van der Waals surface area contributed by atoms with Gasteiger partial charge in [-0.15, -0.1) is 0 Å². The second-order valence-electron chi connectivity index (χ2n) is 4.08. The predicted molar refractivity (Wildman–Crippen MR) is 64.9 cm³/mol. The summed E-state index contributed by atoms with van der Waals surface area (Å²) in [4.78, 5) is 22.9.